The van der Waals surface area contributed by atoms with Gasteiger partial charge in [0.15, 0.2) is 0 Å². The molecule has 2 heterocycles. The predicted molar refractivity (Wildman–Crippen MR) is 131 cm³/mol. The summed E-state index contributed by atoms with van der Waals surface area (Å²) in [6.45, 7) is 1.71. The molecule has 0 fully saturated rings. The molecule has 0 aliphatic rings. The van der Waals surface area contributed by atoms with Gasteiger partial charge in [0.2, 0.25) is 0 Å². The number of rotatable bonds is 7. The van der Waals surface area contributed by atoms with Gasteiger partial charge in [-0.15, -0.1) is 22.7 Å². The second-order valence-corrected chi connectivity index (χ2v) is 8.50. The summed E-state index contributed by atoms with van der Waals surface area (Å²) in [5.41, 5.74) is 4.09. The lowest BCUT2D eigenvalue weighted by molar-refractivity contribution is -0.117. The number of anilines is 1. The molecular weight excluding hydrogens is 454 g/mol. The molecule has 0 bridgehead atoms. The van der Waals surface area contributed by atoms with Crippen LogP contribution in [0.5, 0.6) is 0 Å². The van der Waals surface area contributed by atoms with Gasteiger partial charge in [-0.2, -0.15) is 15.6 Å². The first-order chi connectivity index (χ1) is 16.0. The van der Waals surface area contributed by atoms with Crippen molar-refractivity contribution in [1.82, 2.24) is 5.43 Å². The summed E-state index contributed by atoms with van der Waals surface area (Å²) in [5.74, 6) is -1.10. The van der Waals surface area contributed by atoms with Crippen LogP contribution in [0, 0.1) is 22.7 Å². The Labute approximate surface area is 198 Å². The van der Waals surface area contributed by atoms with Crippen LogP contribution >= 0.6 is 22.7 Å². The zero-order valence-electron chi connectivity index (χ0n) is 17.4. The smallest absolute Gasteiger partial charge is 0.282 e. The van der Waals surface area contributed by atoms with E-state index in [9.17, 15) is 20.1 Å². The summed E-state index contributed by atoms with van der Waals surface area (Å²) >= 11 is 2.85. The SMILES string of the molecule is C/C(=N\NC(=O)/C(C#N)=C/c1cccs1)c1ccc(NC(=O)/C(C#N)=C/c2cccs2)cc1. The van der Waals surface area contributed by atoms with E-state index in [4.69, 9.17) is 0 Å². The molecule has 0 radical (unpaired) electrons. The van der Waals surface area contributed by atoms with E-state index in [-0.39, 0.29) is 11.1 Å². The number of hydrogen-bond acceptors (Lipinski definition) is 7. The van der Waals surface area contributed by atoms with Gasteiger partial charge in [-0.1, -0.05) is 24.3 Å². The number of thiophene rings is 2. The van der Waals surface area contributed by atoms with Crippen molar-refractivity contribution in [2.75, 3.05) is 5.32 Å². The van der Waals surface area contributed by atoms with Crippen LogP contribution < -0.4 is 10.7 Å². The molecule has 2 N–H and O–H groups in total. The number of hydrazone groups is 1. The topological polar surface area (TPSA) is 118 Å². The predicted octanol–water partition coefficient (Wildman–Crippen LogP) is 4.80. The molecule has 0 aliphatic heterocycles. The third-order valence-electron chi connectivity index (χ3n) is 4.28. The fourth-order valence-electron chi connectivity index (χ4n) is 2.58. The van der Waals surface area contributed by atoms with Crippen molar-refractivity contribution in [2.45, 2.75) is 6.92 Å². The molecule has 0 unspecified atom stereocenters. The van der Waals surface area contributed by atoms with Crippen LogP contribution in [0.3, 0.4) is 0 Å². The molecular formula is C24H17N5O2S2. The summed E-state index contributed by atoms with van der Waals surface area (Å²) in [7, 11) is 0. The highest BCUT2D eigenvalue weighted by atomic mass is 32.1. The summed E-state index contributed by atoms with van der Waals surface area (Å²) < 4.78 is 0. The second kappa shape index (κ2) is 11.3. The minimum atomic E-state index is -0.601. The van der Waals surface area contributed by atoms with Crippen molar-refractivity contribution in [3.63, 3.8) is 0 Å². The van der Waals surface area contributed by atoms with E-state index < -0.39 is 11.8 Å². The van der Waals surface area contributed by atoms with Crippen molar-refractivity contribution < 1.29 is 9.59 Å². The molecule has 3 rings (SSSR count). The molecule has 162 valence electrons. The van der Waals surface area contributed by atoms with Crippen molar-refractivity contribution >= 4 is 58.0 Å². The van der Waals surface area contributed by atoms with Crippen LogP contribution in [0.2, 0.25) is 0 Å². The monoisotopic (exact) mass is 471 g/mol. The van der Waals surface area contributed by atoms with E-state index in [1.165, 1.54) is 34.8 Å². The van der Waals surface area contributed by atoms with Crippen LogP contribution in [0.25, 0.3) is 12.2 Å². The Hall–Kier alpha value is -4.31. The summed E-state index contributed by atoms with van der Waals surface area (Å²) in [4.78, 5) is 26.2. The molecule has 0 aliphatic carbocycles. The van der Waals surface area contributed by atoms with Crippen LogP contribution in [0.1, 0.15) is 22.2 Å². The summed E-state index contributed by atoms with van der Waals surface area (Å²) in [5, 5.41) is 29.0. The Bertz CT molecular complexity index is 1300. The Kier molecular flexibility index (Phi) is 8.03. The molecule has 33 heavy (non-hydrogen) atoms. The first-order valence-electron chi connectivity index (χ1n) is 9.57. The van der Waals surface area contributed by atoms with Crippen molar-refractivity contribution in [3.05, 3.63) is 85.8 Å². The van der Waals surface area contributed by atoms with Gasteiger partial charge in [0.1, 0.15) is 23.3 Å². The van der Waals surface area contributed by atoms with Crippen LogP contribution in [0.15, 0.2) is 75.5 Å². The lowest BCUT2D eigenvalue weighted by Crippen LogP contribution is -2.20. The number of nitrogens with zero attached hydrogens (tertiary/aromatic N) is 3. The minimum Gasteiger partial charge on any atom is -0.321 e. The first-order valence-corrected chi connectivity index (χ1v) is 11.3. The molecule has 0 atom stereocenters. The Morgan fingerprint density at radius 2 is 1.42 bits per heavy atom. The van der Waals surface area contributed by atoms with E-state index in [1.807, 2.05) is 47.2 Å². The largest absolute Gasteiger partial charge is 0.321 e. The maximum absolute atomic E-state index is 12.4. The molecule has 9 heteroatoms. The van der Waals surface area contributed by atoms with Gasteiger partial charge in [0, 0.05) is 15.4 Å². The van der Waals surface area contributed by atoms with Gasteiger partial charge < -0.3 is 5.32 Å². The lowest BCUT2D eigenvalue weighted by atomic mass is 10.1. The fraction of sp³-hybridized carbons (Fsp3) is 0.0417. The third kappa shape index (κ3) is 6.58. The van der Waals surface area contributed by atoms with Crippen molar-refractivity contribution in [3.8, 4) is 12.1 Å². The maximum atomic E-state index is 12.4. The van der Waals surface area contributed by atoms with E-state index in [1.54, 1.807) is 31.2 Å². The van der Waals surface area contributed by atoms with Crippen molar-refractivity contribution in [2.24, 2.45) is 5.10 Å². The van der Waals surface area contributed by atoms with Crippen LogP contribution in [-0.4, -0.2) is 17.5 Å². The minimum absolute atomic E-state index is 0.00545. The maximum Gasteiger partial charge on any atom is 0.282 e. The highest BCUT2D eigenvalue weighted by molar-refractivity contribution is 7.11. The molecule has 7 nitrogen and oxygen atoms in total. The highest BCUT2D eigenvalue weighted by Crippen LogP contribution is 2.16. The van der Waals surface area contributed by atoms with E-state index in [2.05, 4.69) is 15.8 Å². The third-order valence-corrected chi connectivity index (χ3v) is 5.91. The van der Waals surface area contributed by atoms with Gasteiger partial charge in [0.25, 0.3) is 11.8 Å². The van der Waals surface area contributed by atoms with Crippen molar-refractivity contribution in [1.29, 1.82) is 10.5 Å². The average Bonchev–Trinajstić information content (AvgIpc) is 3.54. The molecule has 0 saturated carbocycles. The number of nitrogens with one attached hydrogen (secondary N) is 2. The molecule has 0 spiro atoms. The van der Waals surface area contributed by atoms with Gasteiger partial charge in [-0.3, -0.25) is 9.59 Å². The fourth-order valence-corrected chi connectivity index (χ4v) is 3.90. The molecule has 2 amide bonds. The summed E-state index contributed by atoms with van der Waals surface area (Å²) in [6, 6.07) is 17.9. The molecule has 3 aromatic rings. The average molecular weight is 472 g/mol. The second-order valence-electron chi connectivity index (χ2n) is 6.54. The number of carbonyl (C=O) groups is 2. The van der Waals surface area contributed by atoms with Gasteiger partial charge in [-0.05, 0) is 59.7 Å². The number of carbonyl (C=O) groups excluding carboxylic acids is 2. The Morgan fingerprint density at radius 1 is 0.879 bits per heavy atom. The number of hydrogen-bond donors (Lipinski definition) is 2. The van der Waals surface area contributed by atoms with Gasteiger partial charge in [0.05, 0.1) is 5.71 Å². The van der Waals surface area contributed by atoms with Crippen LogP contribution in [-0.2, 0) is 9.59 Å². The lowest BCUT2D eigenvalue weighted by Gasteiger charge is -2.06. The Morgan fingerprint density at radius 3 is 1.91 bits per heavy atom. The van der Waals surface area contributed by atoms with E-state index in [0.29, 0.717) is 17.0 Å². The highest BCUT2D eigenvalue weighted by Gasteiger charge is 2.11. The first kappa shape index (κ1) is 23.4. The number of nitriles is 2. The van der Waals surface area contributed by atoms with E-state index >= 15 is 0 Å². The number of benzene rings is 1. The number of amides is 2. The summed E-state index contributed by atoms with van der Waals surface area (Å²) in [6.07, 6.45) is 3.04. The van der Waals surface area contributed by atoms with E-state index in [0.717, 1.165) is 9.75 Å². The standard InChI is InChI=1S/C24H17N5O2S2/c1-16(28-29-24(31)19(15-26)13-22-5-3-11-33-22)17-6-8-20(9-7-17)27-23(30)18(14-25)12-21-4-2-10-32-21/h2-13H,1H3,(H,27,30)(H,29,31)/b18-12+,19-13+,28-16+. The van der Waals surface area contributed by atoms with Crippen LogP contribution in [0.4, 0.5) is 5.69 Å². The Balaban J connectivity index is 1.63. The molecule has 1 aromatic carbocycles. The normalized spacial score (nSPS) is 11.9. The zero-order valence-corrected chi connectivity index (χ0v) is 19.0. The molecule has 0 saturated heterocycles. The van der Waals surface area contributed by atoms with Gasteiger partial charge >= 0.3 is 0 Å². The zero-order chi connectivity index (χ0) is 23.6. The molecule has 2 aromatic heterocycles. The quantitative estimate of drug-likeness (QED) is 0.223. The van der Waals surface area contributed by atoms with Gasteiger partial charge in [-0.25, -0.2) is 5.43 Å².